The van der Waals surface area contributed by atoms with Gasteiger partial charge in [0.2, 0.25) is 0 Å². The molecule has 0 heterocycles. The van der Waals surface area contributed by atoms with Crippen LogP contribution in [0.4, 0.5) is 0 Å². The number of nitrogens with one attached hydrogen (secondary N) is 1. The molecule has 3 N–H and O–H groups in total. The number of ether oxygens (including phenoxy) is 3. The minimum absolute atomic E-state index is 0.136. The highest BCUT2D eigenvalue weighted by Crippen LogP contribution is 2.36. The van der Waals surface area contributed by atoms with Gasteiger partial charge in [0.15, 0.2) is 18.1 Å². The molecule has 8 heteroatoms. The summed E-state index contributed by atoms with van der Waals surface area (Å²) in [6, 6.07) is 10.3. The number of carbonyl (C=O) groups is 2. The van der Waals surface area contributed by atoms with Gasteiger partial charge in [0.1, 0.15) is 5.75 Å². The fourth-order valence-electron chi connectivity index (χ4n) is 2.20. The Balaban J connectivity index is 2.12. The summed E-state index contributed by atoms with van der Waals surface area (Å²) in [7, 11) is 2.98. The zero-order chi connectivity index (χ0) is 19.1. The van der Waals surface area contributed by atoms with Crippen molar-refractivity contribution in [2.75, 3.05) is 20.8 Å². The van der Waals surface area contributed by atoms with Gasteiger partial charge in [0, 0.05) is 12.1 Å². The first-order valence-electron chi connectivity index (χ1n) is 7.64. The molecular formula is C18H19ClN2O5. The first-order valence-corrected chi connectivity index (χ1v) is 8.02. The fraction of sp³-hybridized carbons (Fsp3) is 0.222. The minimum Gasteiger partial charge on any atom is -0.497 e. The Morgan fingerprint density at radius 2 is 1.92 bits per heavy atom. The molecular weight excluding hydrogens is 360 g/mol. The van der Waals surface area contributed by atoms with Crippen molar-refractivity contribution in [1.29, 1.82) is 0 Å². The van der Waals surface area contributed by atoms with Crippen molar-refractivity contribution in [3.8, 4) is 17.2 Å². The number of carbonyl (C=O) groups excluding carboxylic acids is 2. The van der Waals surface area contributed by atoms with E-state index in [2.05, 4.69) is 5.32 Å². The highest BCUT2D eigenvalue weighted by molar-refractivity contribution is 6.32. The first kappa shape index (κ1) is 19.4. The average molecular weight is 379 g/mol. The smallest absolute Gasteiger partial charge is 0.255 e. The van der Waals surface area contributed by atoms with Crippen molar-refractivity contribution in [2.45, 2.75) is 6.54 Å². The number of benzene rings is 2. The molecule has 26 heavy (non-hydrogen) atoms. The van der Waals surface area contributed by atoms with E-state index in [-0.39, 0.29) is 29.0 Å². The number of methoxy groups -OCH3 is 2. The Labute approximate surface area is 156 Å². The summed E-state index contributed by atoms with van der Waals surface area (Å²) >= 11 is 6.14. The highest BCUT2D eigenvalue weighted by atomic mass is 35.5. The zero-order valence-electron chi connectivity index (χ0n) is 14.4. The van der Waals surface area contributed by atoms with Crippen LogP contribution in [-0.4, -0.2) is 32.6 Å². The molecule has 0 saturated heterocycles. The molecule has 0 radical (unpaired) electrons. The van der Waals surface area contributed by atoms with Crippen molar-refractivity contribution in [2.24, 2.45) is 5.73 Å². The number of hydrogen-bond donors (Lipinski definition) is 2. The average Bonchev–Trinajstić information content (AvgIpc) is 2.64. The Hall–Kier alpha value is -2.93. The van der Waals surface area contributed by atoms with Gasteiger partial charge in [-0.25, -0.2) is 0 Å². The summed E-state index contributed by atoms with van der Waals surface area (Å²) < 4.78 is 15.6. The summed E-state index contributed by atoms with van der Waals surface area (Å²) in [5.74, 6) is 0.0951. The Kier molecular flexibility index (Phi) is 6.68. The minimum atomic E-state index is -0.650. The summed E-state index contributed by atoms with van der Waals surface area (Å²) in [4.78, 5) is 23.3. The van der Waals surface area contributed by atoms with Crippen molar-refractivity contribution < 1.29 is 23.8 Å². The third-order valence-electron chi connectivity index (χ3n) is 3.44. The van der Waals surface area contributed by atoms with Gasteiger partial charge in [-0.15, -0.1) is 0 Å². The maximum absolute atomic E-state index is 12.4. The number of amides is 2. The number of hydrogen-bond acceptors (Lipinski definition) is 5. The van der Waals surface area contributed by atoms with E-state index in [1.54, 1.807) is 7.11 Å². The van der Waals surface area contributed by atoms with E-state index in [0.29, 0.717) is 17.9 Å². The van der Waals surface area contributed by atoms with Crippen LogP contribution in [0.5, 0.6) is 17.2 Å². The van der Waals surface area contributed by atoms with E-state index in [1.807, 2.05) is 24.3 Å². The van der Waals surface area contributed by atoms with Crippen LogP contribution in [0.25, 0.3) is 0 Å². The molecule has 0 bridgehead atoms. The van der Waals surface area contributed by atoms with Gasteiger partial charge in [-0.05, 0) is 29.8 Å². The van der Waals surface area contributed by atoms with Gasteiger partial charge in [-0.2, -0.15) is 0 Å². The molecule has 0 aromatic heterocycles. The van der Waals surface area contributed by atoms with Crippen LogP contribution in [-0.2, 0) is 11.3 Å². The second-order valence-corrected chi connectivity index (χ2v) is 5.69. The molecule has 0 aliphatic carbocycles. The van der Waals surface area contributed by atoms with Crippen LogP contribution in [0, 0.1) is 0 Å². The second kappa shape index (κ2) is 8.96. The van der Waals surface area contributed by atoms with Gasteiger partial charge in [-0.1, -0.05) is 23.7 Å². The Bertz CT molecular complexity index is 810. The lowest BCUT2D eigenvalue weighted by Crippen LogP contribution is -2.23. The van der Waals surface area contributed by atoms with Gasteiger partial charge in [-0.3, -0.25) is 9.59 Å². The van der Waals surface area contributed by atoms with Crippen molar-refractivity contribution in [3.05, 3.63) is 52.5 Å². The van der Waals surface area contributed by atoms with Crippen LogP contribution in [0.2, 0.25) is 5.02 Å². The maximum atomic E-state index is 12.4. The number of halogens is 1. The number of primary amides is 1. The van der Waals surface area contributed by atoms with Crippen LogP contribution in [0.3, 0.4) is 0 Å². The largest absolute Gasteiger partial charge is 0.497 e. The van der Waals surface area contributed by atoms with E-state index in [9.17, 15) is 9.59 Å². The van der Waals surface area contributed by atoms with Crippen LogP contribution < -0.4 is 25.3 Å². The predicted octanol–water partition coefficient (Wildman–Crippen LogP) is 2.15. The molecule has 0 atom stereocenters. The zero-order valence-corrected chi connectivity index (χ0v) is 15.1. The summed E-state index contributed by atoms with van der Waals surface area (Å²) in [6.45, 7) is -0.0344. The Morgan fingerprint density at radius 3 is 2.58 bits per heavy atom. The van der Waals surface area contributed by atoms with Crippen LogP contribution in [0.15, 0.2) is 36.4 Å². The highest BCUT2D eigenvalue weighted by Gasteiger charge is 2.16. The maximum Gasteiger partial charge on any atom is 0.255 e. The number of nitrogens with two attached hydrogens (primary N) is 1. The molecule has 0 fully saturated rings. The second-order valence-electron chi connectivity index (χ2n) is 5.28. The van der Waals surface area contributed by atoms with E-state index in [0.717, 1.165) is 5.56 Å². The molecule has 0 unspecified atom stereocenters. The van der Waals surface area contributed by atoms with Crippen molar-refractivity contribution in [3.63, 3.8) is 0 Å². The summed E-state index contributed by atoms with van der Waals surface area (Å²) in [5, 5.41) is 2.93. The molecule has 2 rings (SSSR count). The lowest BCUT2D eigenvalue weighted by molar-refractivity contribution is -0.119. The quantitative estimate of drug-likeness (QED) is 0.733. The lowest BCUT2D eigenvalue weighted by atomic mass is 10.1. The molecule has 138 valence electrons. The molecule has 2 aromatic carbocycles. The lowest BCUT2D eigenvalue weighted by Gasteiger charge is -2.13. The Morgan fingerprint density at radius 1 is 1.15 bits per heavy atom. The summed E-state index contributed by atoms with van der Waals surface area (Å²) in [5.41, 5.74) is 6.23. The third kappa shape index (κ3) is 5.03. The molecule has 0 spiro atoms. The van der Waals surface area contributed by atoms with Crippen LogP contribution in [0.1, 0.15) is 15.9 Å². The summed E-state index contributed by atoms with van der Waals surface area (Å²) in [6.07, 6.45) is 0. The standard InChI is InChI=1S/C18H19ClN2O5/c1-24-13-5-3-4-11(6-13)9-21-18(23)12-7-14(19)17(15(8-12)25-2)26-10-16(20)22/h3-8H,9-10H2,1-2H3,(H2,20,22)(H,21,23). The first-order chi connectivity index (χ1) is 12.4. The molecule has 0 aliphatic heterocycles. The fourth-order valence-corrected chi connectivity index (χ4v) is 2.47. The van der Waals surface area contributed by atoms with Gasteiger partial charge < -0.3 is 25.3 Å². The van der Waals surface area contributed by atoms with Crippen LogP contribution >= 0.6 is 11.6 Å². The normalized spacial score (nSPS) is 10.1. The molecule has 0 aliphatic rings. The molecule has 2 aromatic rings. The van der Waals surface area contributed by atoms with Gasteiger partial charge in [0.25, 0.3) is 11.8 Å². The number of rotatable bonds is 8. The predicted molar refractivity (Wildman–Crippen MR) is 96.9 cm³/mol. The van der Waals surface area contributed by atoms with E-state index >= 15 is 0 Å². The van der Waals surface area contributed by atoms with E-state index in [1.165, 1.54) is 19.2 Å². The third-order valence-corrected chi connectivity index (χ3v) is 3.72. The van der Waals surface area contributed by atoms with Crippen molar-refractivity contribution >= 4 is 23.4 Å². The van der Waals surface area contributed by atoms with E-state index in [4.69, 9.17) is 31.5 Å². The van der Waals surface area contributed by atoms with E-state index < -0.39 is 5.91 Å². The SMILES string of the molecule is COc1cccc(CNC(=O)c2cc(Cl)c(OCC(N)=O)c(OC)c2)c1. The monoisotopic (exact) mass is 378 g/mol. The van der Waals surface area contributed by atoms with Gasteiger partial charge in [0.05, 0.1) is 19.2 Å². The molecule has 2 amide bonds. The molecule has 0 saturated carbocycles. The van der Waals surface area contributed by atoms with Gasteiger partial charge >= 0.3 is 0 Å². The van der Waals surface area contributed by atoms with Crippen molar-refractivity contribution in [1.82, 2.24) is 5.32 Å². The molecule has 7 nitrogen and oxygen atoms in total. The topological polar surface area (TPSA) is 99.9 Å².